The van der Waals surface area contributed by atoms with Gasteiger partial charge in [0.15, 0.2) is 0 Å². The van der Waals surface area contributed by atoms with Crippen LogP contribution >= 0.6 is 0 Å². The monoisotopic (exact) mass is 193 g/mol. The minimum absolute atomic E-state index is 0.131. The Morgan fingerprint density at radius 3 is 2.93 bits per heavy atom. The molecule has 1 heterocycles. The first-order valence-corrected chi connectivity index (χ1v) is 5.39. The first kappa shape index (κ1) is 11.0. The van der Waals surface area contributed by atoms with Crippen molar-refractivity contribution in [3.63, 3.8) is 0 Å². The van der Waals surface area contributed by atoms with Crippen LogP contribution in [0.15, 0.2) is 24.8 Å². The van der Waals surface area contributed by atoms with Gasteiger partial charge in [0.25, 0.3) is 0 Å². The van der Waals surface area contributed by atoms with Gasteiger partial charge < -0.3 is 4.90 Å². The van der Waals surface area contributed by atoms with E-state index in [4.69, 9.17) is 0 Å². The molecule has 0 spiro atoms. The lowest BCUT2D eigenvalue weighted by Crippen LogP contribution is -2.35. The maximum Gasteiger partial charge on any atom is 0.247 e. The third kappa shape index (κ3) is 2.72. The van der Waals surface area contributed by atoms with Gasteiger partial charge in [-0.15, -0.1) is 6.58 Å². The van der Waals surface area contributed by atoms with E-state index in [1.807, 2.05) is 17.1 Å². The van der Waals surface area contributed by atoms with E-state index in [0.717, 1.165) is 13.0 Å². The quantitative estimate of drug-likeness (QED) is 0.469. The van der Waals surface area contributed by atoms with Gasteiger partial charge in [0.1, 0.15) is 0 Å². The molecule has 78 valence electrons. The number of carbonyl (C=O) groups is 1. The highest BCUT2D eigenvalue weighted by molar-refractivity contribution is 5.90. The van der Waals surface area contributed by atoms with Gasteiger partial charge in [0.2, 0.25) is 5.91 Å². The summed E-state index contributed by atoms with van der Waals surface area (Å²) >= 11 is 0. The Labute approximate surface area is 86.3 Å². The third-order valence-corrected chi connectivity index (χ3v) is 2.62. The number of unbranched alkanes of at least 4 members (excludes halogenated alkanes) is 2. The number of rotatable bonds is 6. The molecule has 0 radical (unpaired) electrons. The summed E-state index contributed by atoms with van der Waals surface area (Å²) in [7, 11) is 0. The summed E-state index contributed by atoms with van der Waals surface area (Å²) in [5.74, 6) is 0.131. The third-order valence-electron chi connectivity index (χ3n) is 2.62. The summed E-state index contributed by atoms with van der Waals surface area (Å²) in [4.78, 5) is 13.3. The number of carbonyl (C=O) groups excluding carboxylic acids is 1. The minimum Gasteiger partial charge on any atom is -0.329 e. The molecule has 0 aromatic carbocycles. The molecular weight excluding hydrogens is 174 g/mol. The van der Waals surface area contributed by atoms with E-state index in [0.29, 0.717) is 0 Å². The van der Waals surface area contributed by atoms with Gasteiger partial charge in [-0.2, -0.15) is 0 Å². The Kier molecular flexibility index (Phi) is 4.44. The van der Waals surface area contributed by atoms with Crippen molar-refractivity contribution in [3.05, 3.63) is 24.8 Å². The van der Waals surface area contributed by atoms with E-state index >= 15 is 0 Å². The van der Waals surface area contributed by atoms with Crippen LogP contribution in [0.5, 0.6) is 0 Å². The second-order valence-electron chi connectivity index (χ2n) is 3.69. The van der Waals surface area contributed by atoms with Crippen LogP contribution in [0.3, 0.4) is 0 Å². The van der Waals surface area contributed by atoms with E-state index in [-0.39, 0.29) is 11.9 Å². The molecule has 1 atom stereocenters. The molecule has 0 fully saturated rings. The van der Waals surface area contributed by atoms with Gasteiger partial charge >= 0.3 is 0 Å². The molecule has 0 N–H and O–H groups in total. The average Bonchev–Trinajstić information content (AvgIpc) is 2.60. The minimum atomic E-state index is 0.131. The highest BCUT2D eigenvalue weighted by Gasteiger charge is 2.21. The summed E-state index contributed by atoms with van der Waals surface area (Å²) in [6.45, 7) is 6.73. The van der Waals surface area contributed by atoms with Crippen molar-refractivity contribution in [1.82, 2.24) is 4.90 Å². The number of hydrogen-bond donors (Lipinski definition) is 0. The molecular formula is C12H19NO. The van der Waals surface area contributed by atoms with Gasteiger partial charge in [0.05, 0.1) is 6.04 Å². The Balaban J connectivity index is 2.38. The summed E-state index contributed by atoms with van der Waals surface area (Å²) in [5, 5.41) is 0. The molecule has 0 saturated heterocycles. The van der Waals surface area contributed by atoms with Crippen LogP contribution in [0.1, 0.15) is 32.6 Å². The molecule has 1 unspecified atom stereocenters. The van der Waals surface area contributed by atoms with Crippen LogP contribution in [0, 0.1) is 0 Å². The number of hydrogen-bond acceptors (Lipinski definition) is 1. The first-order valence-electron chi connectivity index (χ1n) is 5.39. The Bertz CT molecular complexity index is 232. The van der Waals surface area contributed by atoms with Crippen LogP contribution in [0.2, 0.25) is 0 Å². The zero-order valence-electron chi connectivity index (χ0n) is 8.91. The Morgan fingerprint density at radius 2 is 2.43 bits per heavy atom. The maximum absolute atomic E-state index is 11.4. The normalized spacial score (nSPS) is 17.5. The molecule has 2 nitrogen and oxygen atoms in total. The standard InChI is InChI=1S/C12H19NO/c1-3-5-6-8-11(4-2)13-10-7-9-12(13)14/h4,7,9,11H,2-3,5-6,8,10H2,1H3. The van der Waals surface area contributed by atoms with Crippen molar-refractivity contribution in [2.75, 3.05) is 6.54 Å². The lowest BCUT2D eigenvalue weighted by molar-refractivity contribution is -0.125. The second kappa shape index (κ2) is 5.63. The van der Waals surface area contributed by atoms with Gasteiger partial charge in [0, 0.05) is 12.6 Å². The highest BCUT2D eigenvalue weighted by Crippen LogP contribution is 2.14. The fourth-order valence-corrected chi connectivity index (χ4v) is 1.76. The van der Waals surface area contributed by atoms with Gasteiger partial charge in [-0.25, -0.2) is 0 Å². The van der Waals surface area contributed by atoms with E-state index in [1.165, 1.54) is 19.3 Å². The fourth-order valence-electron chi connectivity index (χ4n) is 1.76. The Morgan fingerprint density at radius 1 is 1.64 bits per heavy atom. The maximum atomic E-state index is 11.4. The molecule has 1 amide bonds. The van der Waals surface area contributed by atoms with Gasteiger partial charge in [-0.3, -0.25) is 4.79 Å². The Hall–Kier alpha value is -1.05. The topological polar surface area (TPSA) is 20.3 Å². The lowest BCUT2D eigenvalue weighted by Gasteiger charge is -2.24. The molecule has 0 aromatic heterocycles. The zero-order valence-corrected chi connectivity index (χ0v) is 8.91. The SMILES string of the molecule is C=CC(CCCCC)N1CC=CC1=O. The van der Waals surface area contributed by atoms with Crippen molar-refractivity contribution < 1.29 is 4.79 Å². The average molecular weight is 193 g/mol. The van der Waals surface area contributed by atoms with Crippen molar-refractivity contribution in [2.24, 2.45) is 0 Å². The first-order chi connectivity index (χ1) is 6.79. The largest absolute Gasteiger partial charge is 0.329 e. The molecule has 1 aliphatic rings. The molecule has 14 heavy (non-hydrogen) atoms. The number of amides is 1. The second-order valence-corrected chi connectivity index (χ2v) is 3.69. The predicted molar refractivity (Wildman–Crippen MR) is 59.0 cm³/mol. The molecule has 0 aliphatic carbocycles. The molecule has 0 saturated carbocycles. The van der Waals surface area contributed by atoms with Crippen molar-refractivity contribution in [1.29, 1.82) is 0 Å². The number of nitrogens with zero attached hydrogens (tertiary/aromatic N) is 1. The zero-order chi connectivity index (χ0) is 10.4. The van der Waals surface area contributed by atoms with Crippen molar-refractivity contribution >= 4 is 5.91 Å². The molecule has 0 bridgehead atoms. The molecule has 1 aliphatic heterocycles. The molecule has 1 rings (SSSR count). The van der Waals surface area contributed by atoms with Crippen LogP contribution in [0.25, 0.3) is 0 Å². The van der Waals surface area contributed by atoms with E-state index < -0.39 is 0 Å². The predicted octanol–water partition coefficient (Wildman–Crippen LogP) is 2.52. The molecule has 0 aromatic rings. The lowest BCUT2D eigenvalue weighted by atomic mass is 10.1. The fraction of sp³-hybridized carbons (Fsp3) is 0.583. The molecule has 2 heteroatoms. The summed E-state index contributed by atoms with van der Waals surface area (Å²) < 4.78 is 0. The van der Waals surface area contributed by atoms with E-state index in [2.05, 4.69) is 13.5 Å². The van der Waals surface area contributed by atoms with Crippen molar-refractivity contribution in [2.45, 2.75) is 38.6 Å². The van der Waals surface area contributed by atoms with Crippen LogP contribution in [-0.2, 0) is 4.79 Å². The van der Waals surface area contributed by atoms with Crippen LogP contribution in [0.4, 0.5) is 0 Å². The van der Waals surface area contributed by atoms with Gasteiger partial charge in [-0.1, -0.05) is 38.3 Å². The van der Waals surface area contributed by atoms with Crippen molar-refractivity contribution in [3.8, 4) is 0 Å². The highest BCUT2D eigenvalue weighted by atomic mass is 16.2. The van der Waals surface area contributed by atoms with E-state index in [9.17, 15) is 4.79 Å². The van der Waals surface area contributed by atoms with E-state index in [1.54, 1.807) is 6.08 Å². The summed E-state index contributed by atoms with van der Waals surface area (Å²) in [6.07, 6.45) is 10.1. The van der Waals surface area contributed by atoms with Crippen LogP contribution < -0.4 is 0 Å². The van der Waals surface area contributed by atoms with Gasteiger partial charge in [-0.05, 0) is 6.42 Å². The van der Waals surface area contributed by atoms with Crippen LogP contribution in [-0.4, -0.2) is 23.4 Å². The summed E-state index contributed by atoms with van der Waals surface area (Å²) in [6, 6.07) is 0.226. The summed E-state index contributed by atoms with van der Waals surface area (Å²) in [5.41, 5.74) is 0. The smallest absolute Gasteiger partial charge is 0.247 e.